The van der Waals surface area contributed by atoms with Crippen LogP contribution in [0.5, 0.6) is 0 Å². The third kappa shape index (κ3) is 41.6. The van der Waals surface area contributed by atoms with Crippen LogP contribution in [0.1, 0.15) is 162 Å². The average Bonchev–Trinajstić information content (AvgIpc) is 3.15. The van der Waals surface area contributed by atoms with Gasteiger partial charge < -0.3 is 33.0 Å². The molecule has 0 fully saturated rings. The molecule has 0 saturated carbocycles. The first-order valence-electron chi connectivity index (χ1n) is 22.1. The summed E-state index contributed by atoms with van der Waals surface area (Å²) in [6, 6.07) is 0. The van der Waals surface area contributed by atoms with Gasteiger partial charge in [0.15, 0.2) is 6.10 Å². The number of hydrogen-bond donors (Lipinski definition) is 1. The molecule has 1 N–H and O–H groups in total. The predicted octanol–water partition coefficient (Wildman–Crippen LogP) is 10.8. The van der Waals surface area contributed by atoms with Gasteiger partial charge in [0.2, 0.25) is 0 Å². The number of ether oxygens (including phenoxy) is 2. The minimum Gasteiger partial charge on any atom is -0.756 e. The van der Waals surface area contributed by atoms with E-state index in [4.69, 9.17) is 18.5 Å². The van der Waals surface area contributed by atoms with Gasteiger partial charge in [0, 0.05) is 12.8 Å². The van der Waals surface area contributed by atoms with E-state index in [1.54, 1.807) is 6.08 Å². The molecule has 2 unspecified atom stereocenters. The molecule has 0 saturated heterocycles. The van der Waals surface area contributed by atoms with E-state index in [1.807, 2.05) is 33.3 Å². The lowest BCUT2D eigenvalue weighted by Gasteiger charge is -2.28. The monoisotopic (exact) mass is 824 g/mol. The Hall–Kier alpha value is -2.33. The lowest BCUT2D eigenvalue weighted by atomic mass is 10.1. The van der Waals surface area contributed by atoms with Gasteiger partial charge in [-0.05, 0) is 64.2 Å². The number of phosphoric ester groups is 1. The number of nitrogens with zero attached hydrogens (tertiary/aromatic N) is 1. The lowest BCUT2D eigenvalue weighted by Crippen LogP contribution is -2.37. The zero-order chi connectivity index (χ0) is 42.3. The van der Waals surface area contributed by atoms with Crippen LogP contribution < -0.4 is 4.89 Å². The number of unbranched alkanes of at least 4 members (excludes halogenated alkanes) is 14. The van der Waals surface area contributed by atoms with Crippen molar-refractivity contribution < 1.29 is 47.2 Å². The molecule has 3 atom stereocenters. The van der Waals surface area contributed by atoms with Crippen molar-refractivity contribution >= 4 is 19.8 Å². The van der Waals surface area contributed by atoms with Gasteiger partial charge in [0.05, 0.1) is 33.9 Å². The number of aliphatic hydroxyl groups is 1. The molecule has 0 bridgehead atoms. The molecule has 0 rings (SSSR count). The van der Waals surface area contributed by atoms with Gasteiger partial charge in [-0.25, -0.2) is 0 Å². The van der Waals surface area contributed by atoms with Crippen LogP contribution in [0.3, 0.4) is 0 Å². The second-order valence-electron chi connectivity index (χ2n) is 15.9. The van der Waals surface area contributed by atoms with Crippen molar-refractivity contribution in [3.63, 3.8) is 0 Å². The van der Waals surface area contributed by atoms with E-state index in [2.05, 4.69) is 56.4 Å². The van der Waals surface area contributed by atoms with E-state index >= 15 is 0 Å². The Morgan fingerprint density at radius 2 is 1.23 bits per heavy atom. The molecule has 0 aliphatic carbocycles. The number of allylic oxidation sites excluding steroid dienone is 9. The third-order valence-electron chi connectivity index (χ3n) is 9.13. The number of quaternary nitrogens is 1. The van der Waals surface area contributed by atoms with E-state index in [-0.39, 0.29) is 26.1 Å². The van der Waals surface area contributed by atoms with Crippen molar-refractivity contribution in [3.05, 3.63) is 60.8 Å². The molecule has 0 aromatic carbocycles. The van der Waals surface area contributed by atoms with Crippen LogP contribution in [-0.2, 0) is 32.7 Å². The fourth-order valence-electron chi connectivity index (χ4n) is 5.63. The zero-order valence-electron chi connectivity index (χ0n) is 36.6. The number of carbonyl (C=O) groups excluding carboxylic acids is 2. The Morgan fingerprint density at radius 1 is 0.667 bits per heavy atom. The van der Waals surface area contributed by atoms with Crippen molar-refractivity contribution in [1.82, 2.24) is 0 Å². The number of aliphatic hydroxyl groups excluding tert-OH is 1. The Labute approximate surface area is 348 Å². The molecule has 0 spiro atoms. The molecular weight excluding hydrogens is 741 g/mol. The summed E-state index contributed by atoms with van der Waals surface area (Å²) in [7, 11) is 1.10. The highest BCUT2D eigenvalue weighted by molar-refractivity contribution is 7.45. The maximum absolute atomic E-state index is 12.7. The summed E-state index contributed by atoms with van der Waals surface area (Å²) >= 11 is 0. The molecule has 330 valence electrons. The van der Waals surface area contributed by atoms with E-state index in [1.165, 1.54) is 44.9 Å². The SMILES string of the molecule is CC/C=C/C/C=C/C=C/C(O)CCCCCCCC(=O)OC[C@H](COP(=O)([O-])OCC[N+](C)(C)C)OC(=O)CCCCCCCCC/C=C\C/C=C\CCCCC. The highest BCUT2D eigenvalue weighted by Gasteiger charge is 2.21. The predicted molar refractivity (Wildman–Crippen MR) is 232 cm³/mol. The summed E-state index contributed by atoms with van der Waals surface area (Å²) in [6.45, 7) is 3.94. The van der Waals surface area contributed by atoms with Crippen LogP contribution in [0.2, 0.25) is 0 Å². The zero-order valence-corrected chi connectivity index (χ0v) is 37.5. The molecule has 10 nitrogen and oxygen atoms in total. The number of esters is 2. The van der Waals surface area contributed by atoms with Crippen LogP contribution in [0.15, 0.2) is 60.8 Å². The second kappa shape index (κ2) is 37.9. The van der Waals surface area contributed by atoms with Crippen molar-refractivity contribution in [2.75, 3.05) is 47.5 Å². The molecule has 0 aliphatic rings. The van der Waals surface area contributed by atoms with Gasteiger partial charge in [-0.1, -0.05) is 145 Å². The van der Waals surface area contributed by atoms with E-state index in [0.29, 0.717) is 30.3 Å². The molecular formula is C46H82NO9P. The molecule has 0 amide bonds. The average molecular weight is 824 g/mol. The van der Waals surface area contributed by atoms with Crippen LogP contribution in [0.4, 0.5) is 0 Å². The number of rotatable bonds is 39. The standard InChI is InChI=1S/C46H82NO9P/c1-6-8-10-12-14-15-16-17-18-19-20-21-22-23-25-29-34-38-46(50)56-44(42-55-57(51,52)54-40-39-47(3,4)5)41-53-45(49)37-33-30-26-28-32-36-43(48)35-31-27-24-13-11-9-7-2/h9,11,14-15,17-18,24,27,31,35,43-44,48H,6-8,10,12-13,16,19-23,25-26,28-30,32-34,36-42H2,1-5H3/b11-9+,15-14-,18-17-,27-24+,35-31+/t43?,44-/m1/s1. The van der Waals surface area contributed by atoms with Crippen molar-refractivity contribution in [1.29, 1.82) is 0 Å². The molecule has 0 aliphatic heterocycles. The largest absolute Gasteiger partial charge is 0.756 e. The summed E-state index contributed by atoms with van der Waals surface area (Å²) in [5.74, 6) is -0.925. The number of hydrogen-bond acceptors (Lipinski definition) is 9. The fourth-order valence-corrected chi connectivity index (χ4v) is 6.36. The topological polar surface area (TPSA) is 131 Å². The second-order valence-corrected chi connectivity index (χ2v) is 17.3. The summed E-state index contributed by atoms with van der Waals surface area (Å²) < 4.78 is 33.8. The molecule has 0 radical (unpaired) electrons. The molecule has 0 heterocycles. The molecule has 11 heteroatoms. The quantitative estimate of drug-likeness (QED) is 0.0161. The highest BCUT2D eigenvalue weighted by atomic mass is 31.2. The van der Waals surface area contributed by atoms with E-state index in [9.17, 15) is 24.2 Å². The summed E-state index contributed by atoms with van der Waals surface area (Å²) in [4.78, 5) is 37.5. The van der Waals surface area contributed by atoms with Crippen LogP contribution in [0, 0.1) is 0 Å². The van der Waals surface area contributed by atoms with Crippen molar-refractivity contribution in [3.8, 4) is 0 Å². The van der Waals surface area contributed by atoms with Gasteiger partial charge in [-0.2, -0.15) is 0 Å². The molecule has 0 aromatic heterocycles. The molecule has 57 heavy (non-hydrogen) atoms. The van der Waals surface area contributed by atoms with Crippen molar-refractivity contribution in [2.45, 2.75) is 174 Å². The van der Waals surface area contributed by atoms with Crippen LogP contribution >= 0.6 is 7.82 Å². The maximum atomic E-state index is 12.7. The van der Waals surface area contributed by atoms with E-state index in [0.717, 1.165) is 70.6 Å². The fraction of sp³-hybridized carbons (Fsp3) is 0.739. The first kappa shape index (κ1) is 54.7. The number of likely N-dealkylation sites (N-methyl/N-ethyl adjacent to an activating group) is 1. The molecule has 0 aromatic rings. The Kier molecular flexibility index (Phi) is 36.4. The van der Waals surface area contributed by atoms with Gasteiger partial charge >= 0.3 is 11.9 Å². The van der Waals surface area contributed by atoms with Gasteiger partial charge in [-0.15, -0.1) is 0 Å². The maximum Gasteiger partial charge on any atom is 0.306 e. The minimum absolute atomic E-state index is 0.0510. The highest BCUT2D eigenvalue weighted by Crippen LogP contribution is 2.38. The van der Waals surface area contributed by atoms with Crippen LogP contribution in [-0.4, -0.2) is 81.2 Å². The Bertz CT molecular complexity index is 1170. The number of phosphoric acid groups is 1. The number of carbonyl (C=O) groups is 2. The van der Waals surface area contributed by atoms with Gasteiger partial charge in [-0.3, -0.25) is 14.2 Å². The van der Waals surface area contributed by atoms with E-state index < -0.39 is 38.6 Å². The van der Waals surface area contributed by atoms with Gasteiger partial charge in [0.1, 0.15) is 19.8 Å². The summed E-state index contributed by atoms with van der Waals surface area (Å²) in [6.07, 6.45) is 41.2. The van der Waals surface area contributed by atoms with Gasteiger partial charge in [0.25, 0.3) is 7.82 Å². The van der Waals surface area contributed by atoms with Crippen molar-refractivity contribution in [2.24, 2.45) is 0 Å². The third-order valence-corrected chi connectivity index (χ3v) is 10.1. The Balaban J connectivity index is 4.46. The smallest absolute Gasteiger partial charge is 0.306 e. The van der Waals surface area contributed by atoms with Crippen LogP contribution in [0.25, 0.3) is 0 Å². The Morgan fingerprint density at radius 3 is 1.86 bits per heavy atom. The minimum atomic E-state index is -4.65. The summed E-state index contributed by atoms with van der Waals surface area (Å²) in [5, 5.41) is 10.1. The first-order valence-corrected chi connectivity index (χ1v) is 23.6. The summed E-state index contributed by atoms with van der Waals surface area (Å²) in [5.41, 5.74) is 0. The first-order chi connectivity index (χ1) is 27.4. The normalized spacial score (nSPS) is 14.7. The lowest BCUT2D eigenvalue weighted by molar-refractivity contribution is -0.870.